The van der Waals surface area contributed by atoms with Gasteiger partial charge in [0.2, 0.25) is 5.91 Å². The van der Waals surface area contributed by atoms with Gasteiger partial charge in [0.1, 0.15) is 0 Å². The summed E-state index contributed by atoms with van der Waals surface area (Å²) >= 11 is 0. The minimum absolute atomic E-state index is 0.123. The van der Waals surface area contributed by atoms with Gasteiger partial charge in [0.15, 0.2) is 11.5 Å². The van der Waals surface area contributed by atoms with Crippen molar-refractivity contribution in [3.8, 4) is 11.5 Å². The predicted molar refractivity (Wildman–Crippen MR) is 103 cm³/mol. The third-order valence-corrected chi connectivity index (χ3v) is 4.03. The van der Waals surface area contributed by atoms with Gasteiger partial charge >= 0.3 is 5.97 Å². The van der Waals surface area contributed by atoms with E-state index in [1.165, 1.54) is 12.1 Å². The van der Waals surface area contributed by atoms with Crippen molar-refractivity contribution in [2.45, 2.75) is 26.2 Å². The number of amides is 1. The minimum atomic E-state index is -0.997. The van der Waals surface area contributed by atoms with Crippen molar-refractivity contribution in [2.24, 2.45) is 0 Å². The second-order valence-corrected chi connectivity index (χ2v) is 6.05. The van der Waals surface area contributed by atoms with Gasteiger partial charge in [-0.05, 0) is 55.2 Å². The number of carboxylic acids is 1. The van der Waals surface area contributed by atoms with E-state index in [1.54, 1.807) is 19.2 Å². The molecule has 0 spiro atoms. The Morgan fingerprint density at radius 2 is 1.89 bits per heavy atom. The molecule has 0 aliphatic heterocycles. The first-order valence-corrected chi connectivity index (χ1v) is 8.92. The third-order valence-electron chi connectivity index (χ3n) is 4.03. The Bertz CT molecular complexity index is 788. The molecule has 0 aliphatic carbocycles. The predicted octanol–water partition coefficient (Wildman–Crippen LogP) is 3.08. The van der Waals surface area contributed by atoms with Crippen LogP contribution >= 0.6 is 0 Å². The van der Waals surface area contributed by atoms with Crippen molar-refractivity contribution in [3.05, 3.63) is 59.2 Å². The molecule has 6 nitrogen and oxygen atoms in total. The molecule has 0 heterocycles. The largest absolute Gasteiger partial charge is 0.493 e. The SMILES string of the molecule is CCOc1cc(CCCNC(=O)Cc2cccc(C(=O)O)c2)ccc1OC. The first kappa shape index (κ1) is 20.3. The monoisotopic (exact) mass is 371 g/mol. The fourth-order valence-corrected chi connectivity index (χ4v) is 2.73. The molecule has 2 N–H and O–H groups in total. The van der Waals surface area contributed by atoms with Gasteiger partial charge in [-0.2, -0.15) is 0 Å². The molecule has 0 atom stereocenters. The maximum absolute atomic E-state index is 12.0. The fraction of sp³-hybridized carbons (Fsp3) is 0.333. The van der Waals surface area contributed by atoms with Crippen molar-refractivity contribution < 1.29 is 24.2 Å². The van der Waals surface area contributed by atoms with E-state index in [1.807, 2.05) is 25.1 Å². The molecular weight excluding hydrogens is 346 g/mol. The van der Waals surface area contributed by atoms with E-state index in [-0.39, 0.29) is 17.9 Å². The van der Waals surface area contributed by atoms with E-state index >= 15 is 0 Å². The van der Waals surface area contributed by atoms with Crippen LogP contribution in [0.5, 0.6) is 11.5 Å². The topological polar surface area (TPSA) is 84.9 Å². The summed E-state index contributed by atoms with van der Waals surface area (Å²) in [6.45, 7) is 3.04. The summed E-state index contributed by atoms with van der Waals surface area (Å²) in [6, 6.07) is 12.3. The average Bonchev–Trinajstić information content (AvgIpc) is 2.66. The van der Waals surface area contributed by atoms with Crippen LogP contribution in [0.3, 0.4) is 0 Å². The zero-order valence-electron chi connectivity index (χ0n) is 15.7. The normalized spacial score (nSPS) is 10.3. The summed E-state index contributed by atoms with van der Waals surface area (Å²) in [7, 11) is 1.61. The first-order chi connectivity index (χ1) is 13.0. The Morgan fingerprint density at radius 1 is 1.07 bits per heavy atom. The Hall–Kier alpha value is -3.02. The minimum Gasteiger partial charge on any atom is -0.493 e. The molecule has 1 amide bonds. The maximum atomic E-state index is 12.0. The highest BCUT2D eigenvalue weighted by Gasteiger charge is 2.08. The van der Waals surface area contributed by atoms with Gasteiger partial charge in [-0.15, -0.1) is 0 Å². The van der Waals surface area contributed by atoms with Gasteiger partial charge in [0.25, 0.3) is 0 Å². The van der Waals surface area contributed by atoms with E-state index in [0.717, 1.165) is 24.2 Å². The molecule has 144 valence electrons. The number of methoxy groups -OCH3 is 1. The van der Waals surface area contributed by atoms with Crippen LogP contribution in [-0.2, 0) is 17.6 Å². The van der Waals surface area contributed by atoms with Crippen molar-refractivity contribution in [2.75, 3.05) is 20.3 Å². The molecule has 0 saturated carbocycles. The molecule has 0 fully saturated rings. The van der Waals surface area contributed by atoms with Crippen molar-refractivity contribution in [1.82, 2.24) is 5.32 Å². The number of aromatic carboxylic acids is 1. The van der Waals surface area contributed by atoms with Crippen LogP contribution in [0.2, 0.25) is 0 Å². The number of carbonyl (C=O) groups is 2. The highest BCUT2D eigenvalue weighted by Crippen LogP contribution is 2.28. The highest BCUT2D eigenvalue weighted by molar-refractivity contribution is 5.88. The molecule has 0 radical (unpaired) electrons. The molecule has 6 heteroatoms. The smallest absolute Gasteiger partial charge is 0.335 e. The molecule has 0 bridgehead atoms. The van der Waals surface area contributed by atoms with Crippen molar-refractivity contribution in [3.63, 3.8) is 0 Å². The Morgan fingerprint density at radius 3 is 2.59 bits per heavy atom. The van der Waals surface area contributed by atoms with Crippen LogP contribution in [0.4, 0.5) is 0 Å². The molecule has 2 rings (SSSR count). The molecular formula is C21H25NO5. The zero-order valence-corrected chi connectivity index (χ0v) is 15.7. The Labute approximate surface area is 159 Å². The molecule has 0 unspecified atom stereocenters. The molecule has 0 aromatic heterocycles. The van der Waals surface area contributed by atoms with Crippen molar-refractivity contribution in [1.29, 1.82) is 0 Å². The zero-order chi connectivity index (χ0) is 19.6. The fourth-order valence-electron chi connectivity index (χ4n) is 2.73. The van der Waals surface area contributed by atoms with Gasteiger partial charge in [-0.25, -0.2) is 4.79 Å². The van der Waals surface area contributed by atoms with Crippen LogP contribution in [0.1, 0.15) is 34.8 Å². The van der Waals surface area contributed by atoms with E-state index in [2.05, 4.69) is 5.32 Å². The molecule has 2 aromatic rings. The number of ether oxygens (including phenoxy) is 2. The number of carboxylic acid groups (broad SMARTS) is 1. The standard InChI is InChI=1S/C21H25NO5/c1-3-27-19-13-15(9-10-18(19)26-2)7-5-11-22-20(23)14-16-6-4-8-17(12-16)21(24)25/h4,6,8-10,12-13H,3,5,7,11,14H2,1-2H3,(H,22,23)(H,24,25). The van der Waals surface area contributed by atoms with Gasteiger partial charge in [-0.1, -0.05) is 18.2 Å². The van der Waals surface area contributed by atoms with Gasteiger partial charge < -0.3 is 19.9 Å². The second-order valence-electron chi connectivity index (χ2n) is 6.05. The number of benzene rings is 2. The highest BCUT2D eigenvalue weighted by atomic mass is 16.5. The number of hydrogen-bond donors (Lipinski definition) is 2. The summed E-state index contributed by atoms with van der Waals surface area (Å²) in [5.74, 6) is 0.308. The maximum Gasteiger partial charge on any atom is 0.335 e. The lowest BCUT2D eigenvalue weighted by Gasteiger charge is -2.11. The molecule has 2 aromatic carbocycles. The molecule has 0 saturated heterocycles. The number of hydrogen-bond acceptors (Lipinski definition) is 4. The average molecular weight is 371 g/mol. The van der Waals surface area contributed by atoms with Crippen LogP contribution in [0.15, 0.2) is 42.5 Å². The Balaban J connectivity index is 1.79. The van der Waals surface area contributed by atoms with E-state index in [0.29, 0.717) is 24.5 Å². The van der Waals surface area contributed by atoms with Crippen molar-refractivity contribution >= 4 is 11.9 Å². The van der Waals surface area contributed by atoms with E-state index in [9.17, 15) is 9.59 Å². The number of rotatable bonds is 10. The van der Waals surface area contributed by atoms with Gasteiger partial charge in [0.05, 0.1) is 25.7 Å². The number of aryl methyl sites for hydroxylation is 1. The lowest BCUT2D eigenvalue weighted by Crippen LogP contribution is -2.26. The van der Waals surface area contributed by atoms with Gasteiger partial charge in [0, 0.05) is 6.54 Å². The summed E-state index contributed by atoms with van der Waals surface area (Å²) in [6.07, 6.45) is 1.76. The number of carbonyl (C=O) groups excluding carboxylic acids is 1. The Kier molecular flexibility index (Phi) is 7.67. The first-order valence-electron chi connectivity index (χ1n) is 8.92. The van der Waals surface area contributed by atoms with E-state index in [4.69, 9.17) is 14.6 Å². The van der Waals surface area contributed by atoms with Gasteiger partial charge in [-0.3, -0.25) is 4.79 Å². The lowest BCUT2D eigenvalue weighted by atomic mass is 10.1. The second kappa shape index (κ2) is 10.2. The third kappa shape index (κ3) is 6.33. The number of nitrogens with one attached hydrogen (secondary N) is 1. The summed E-state index contributed by atoms with van der Waals surface area (Å²) < 4.78 is 10.8. The quantitative estimate of drug-likeness (QED) is 0.627. The van der Waals surface area contributed by atoms with Crippen LogP contribution in [0.25, 0.3) is 0 Å². The molecule has 0 aliphatic rings. The summed E-state index contributed by atoms with van der Waals surface area (Å²) in [4.78, 5) is 23.0. The molecule has 27 heavy (non-hydrogen) atoms. The van der Waals surface area contributed by atoms with Crippen LogP contribution < -0.4 is 14.8 Å². The van der Waals surface area contributed by atoms with Crippen LogP contribution in [0, 0.1) is 0 Å². The summed E-state index contributed by atoms with van der Waals surface area (Å²) in [5, 5.41) is 11.9. The van der Waals surface area contributed by atoms with Crippen LogP contribution in [-0.4, -0.2) is 37.2 Å². The van der Waals surface area contributed by atoms with E-state index < -0.39 is 5.97 Å². The summed E-state index contributed by atoms with van der Waals surface area (Å²) in [5.41, 5.74) is 1.98. The lowest BCUT2D eigenvalue weighted by molar-refractivity contribution is -0.120.